The molecule has 1 aromatic heterocycles. The van der Waals surface area contributed by atoms with E-state index in [-0.39, 0.29) is 29.6 Å². The Labute approximate surface area is 144 Å². The van der Waals surface area contributed by atoms with Gasteiger partial charge in [-0.2, -0.15) is 4.98 Å². The standard InChI is InChI=1S/C19H17FN2O3/c1-3-13-4-6-14(7-5-13)19-21-18(25-22-19)11-24-17-9-8-15(20)10-16(17)12(2)23/h4-10H,3,11H2,1-2H3. The third-order valence-corrected chi connectivity index (χ3v) is 3.76. The molecule has 1 heterocycles. The van der Waals surface area contributed by atoms with Gasteiger partial charge in [0.15, 0.2) is 12.4 Å². The maximum atomic E-state index is 13.3. The molecular weight excluding hydrogens is 323 g/mol. The highest BCUT2D eigenvalue weighted by Gasteiger charge is 2.13. The largest absolute Gasteiger partial charge is 0.483 e. The number of benzene rings is 2. The monoisotopic (exact) mass is 340 g/mol. The van der Waals surface area contributed by atoms with E-state index in [0.717, 1.165) is 18.1 Å². The molecule has 0 unspecified atom stereocenters. The molecule has 0 spiro atoms. The van der Waals surface area contributed by atoms with Crippen LogP contribution in [0, 0.1) is 5.82 Å². The highest BCUT2D eigenvalue weighted by Crippen LogP contribution is 2.22. The Morgan fingerprint density at radius 1 is 1.20 bits per heavy atom. The zero-order valence-corrected chi connectivity index (χ0v) is 14.0. The van der Waals surface area contributed by atoms with Crippen molar-refractivity contribution in [3.8, 4) is 17.1 Å². The Balaban J connectivity index is 1.73. The van der Waals surface area contributed by atoms with Crippen molar-refractivity contribution in [1.29, 1.82) is 0 Å². The van der Waals surface area contributed by atoms with Gasteiger partial charge in [-0.05, 0) is 37.1 Å². The highest BCUT2D eigenvalue weighted by atomic mass is 19.1. The third-order valence-electron chi connectivity index (χ3n) is 3.76. The summed E-state index contributed by atoms with van der Waals surface area (Å²) in [5.74, 6) is 0.242. The van der Waals surface area contributed by atoms with Crippen molar-refractivity contribution in [2.45, 2.75) is 26.9 Å². The second-order valence-electron chi connectivity index (χ2n) is 5.55. The van der Waals surface area contributed by atoms with E-state index in [2.05, 4.69) is 17.1 Å². The molecule has 25 heavy (non-hydrogen) atoms. The van der Waals surface area contributed by atoms with Gasteiger partial charge < -0.3 is 9.26 Å². The van der Waals surface area contributed by atoms with Crippen LogP contribution in [0.15, 0.2) is 47.0 Å². The van der Waals surface area contributed by atoms with E-state index in [4.69, 9.17) is 9.26 Å². The van der Waals surface area contributed by atoms with Gasteiger partial charge in [-0.3, -0.25) is 4.79 Å². The van der Waals surface area contributed by atoms with E-state index in [1.807, 2.05) is 24.3 Å². The van der Waals surface area contributed by atoms with Crippen molar-refractivity contribution >= 4 is 5.78 Å². The van der Waals surface area contributed by atoms with E-state index in [0.29, 0.717) is 5.82 Å². The Kier molecular flexibility index (Phi) is 4.88. The van der Waals surface area contributed by atoms with Crippen LogP contribution in [0.3, 0.4) is 0 Å². The first-order chi connectivity index (χ1) is 12.1. The fraction of sp³-hybridized carbons (Fsp3) is 0.211. The van der Waals surface area contributed by atoms with Crippen molar-refractivity contribution < 1.29 is 18.4 Å². The molecule has 2 aromatic carbocycles. The number of carbonyl (C=O) groups excluding carboxylic acids is 1. The minimum Gasteiger partial charge on any atom is -0.483 e. The Bertz CT molecular complexity index is 888. The van der Waals surface area contributed by atoms with Gasteiger partial charge in [0.2, 0.25) is 5.82 Å². The molecule has 0 radical (unpaired) electrons. The average Bonchev–Trinajstić information content (AvgIpc) is 3.09. The number of ketones is 1. The van der Waals surface area contributed by atoms with E-state index >= 15 is 0 Å². The van der Waals surface area contributed by atoms with Gasteiger partial charge >= 0.3 is 0 Å². The molecule has 6 heteroatoms. The topological polar surface area (TPSA) is 65.2 Å². The maximum Gasteiger partial charge on any atom is 0.264 e. The number of rotatable bonds is 6. The van der Waals surface area contributed by atoms with Crippen LogP contribution < -0.4 is 4.74 Å². The van der Waals surface area contributed by atoms with E-state index < -0.39 is 5.82 Å². The van der Waals surface area contributed by atoms with Crippen LogP contribution in [0.4, 0.5) is 4.39 Å². The lowest BCUT2D eigenvalue weighted by Gasteiger charge is -2.07. The first kappa shape index (κ1) is 16.8. The van der Waals surface area contributed by atoms with Crippen molar-refractivity contribution in [3.05, 3.63) is 65.3 Å². The van der Waals surface area contributed by atoms with E-state index in [1.165, 1.54) is 24.6 Å². The van der Waals surface area contributed by atoms with Gasteiger partial charge in [-0.25, -0.2) is 4.39 Å². The van der Waals surface area contributed by atoms with Crippen LogP contribution in [0.2, 0.25) is 0 Å². The van der Waals surface area contributed by atoms with Crippen LogP contribution in [0.1, 0.15) is 35.7 Å². The second-order valence-corrected chi connectivity index (χ2v) is 5.55. The smallest absolute Gasteiger partial charge is 0.264 e. The molecule has 0 amide bonds. The summed E-state index contributed by atoms with van der Waals surface area (Å²) in [5, 5.41) is 3.93. The van der Waals surface area contributed by atoms with Crippen LogP contribution in [0.25, 0.3) is 11.4 Å². The summed E-state index contributed by atoms with van der Waals surface area (Å²) < 4.78 is 24.0. The molecule has 5 nitrogen and oxygen atoms in total. The molecule has 0 atom stereocenters. The molecule has 0 aliphatic carbocycles. The summed E-state index contributed by atoms with van der Waals surface area (Å²) in [4.78, 5) is 15.9. The van der Waals surface area contributed by atoms with Crippen molar-refractivity contribution in [2.75, 3.05) is 0 Å². The molecule has 0 fully saturated rings. The predicted molar refractivity (Wildman–Crippen MR) is 89.8 cm³/mol. The molecule has 0 saturated heterocycles. The first-order valence-corrected chi connectivity index (χ1v) is 7.92. The van der Waals surface area contributed by atoms with Gasteiger partial charge in [0.25, 0.3) is 5.89 Å². The van der Waals surface area contributed by atoms with Gasteiger partial charge in [0.05, 0.1) is 5.56 Å². The molecule has 3 aromatic rings. The normalized spacial score (nSPS) is 10.7. The molecule has 0 saturated carbocycles. The number of aromatic nitrogens is 2. The van der Waals surface area contributed by atoms with E-state index in [9.17, 15) is 9.18 Å². The summed E-state index contributed by atoms with van der Waals surface area (Å²) in [6.45, 7) is 3.43. The SMILES string of the molecule is CCc1ccc(-c2noc(COc3ccc(F)cc3C(C)=O)n2)cc1. The summed E-state index contributed by atoms with van der Waals surface area (Å²) in [7, 11) is 0. The van der Waals surface area contributed by atoms with Crippen LogP contribution >= 0.6 is 0 Å². The highest BCUT2D eigenvalue weighted by molar-refractivity contribution is 5.96. The second kappa shape index (κ2) is 7.25. The van der Waals surface area contributed by atoms with Gasteiger partial charge in [-0.1, -0.05) is 36.3 Å². The van der Waals surface area contributed by atoms with Crippen molar-refractivity contribution in [3.63, 3.8) is 0 Å². The lowest BCUT2D eigenvalue weighted by molar-refractivity contribution is 0.101. The summed E-state index contributed by atoms with van der Waals surface area (Å²) in [6, 6.07) is 11.7. The number of hydrogen-bond donors (Lipinski definition) is 0. The molecule has 0 aliphatic rings. The molecule has 0 bridgehead atoms. The Morgan fingerprint density at radius 3 is 2.64 bits per heavy atom. The molecule has 3 rings (SSSR count). The van der Waals surface area contributed by atoms with Gasteiger partial charge in [0, 0.05) is 5.56 Å². The fourth-order valence-electron chi connectivity index (χ4n) is 2.36. The average molecular weight is 340 g/mol. The lowest BCUT2D eigenvalue weighted by Crippen LogP contribution is -2.02. The van der Waals surface area contributed by atoms with Crippen molar-refractivity contribution in [2.24, 2.45) is 0 Å². The molecule has 0 N–H and O–H groups in total. The van der Waals surface area contributed by atoms with E-state index in [1.54, 1.807) is 0 Å². The van der Waals surface area contributed by atoms with Crippen LogP contribution in [-0.4, -0.2) is 15.9 Å². The lowest BCUT2D eigenvalue weighted by atomic mass is 10.1. The maximum absolute atomic E-state index is 13.3. The number of aryl methyl sites for hydroxylation is 1. The number of nitrogens with zero attached hydrogens (tertiary/aromatic N) is 2. The minimum atomic E-state index is -0.492. The number of ether oxygens (including phenoxy) is 1. The number of halogens is 1. The Hall–Kier alpha value is -3.02. The van der Waals surface area contributed by atoms with Gasteiger partial charge in [-0.15, -0.1) is 0 Å². The Morgan fingerprint density at radius 2 is 1.96 bits per heavy atom. The quantitative estimate of drug-likeness (QED) is 0.629. The number of hydrogen-bond acceptors (Lipinski definition) is 5. The van der Waals surface area contributed by atoms with Crippen LogP contribution in [0.5, 0.6) is 5.75 Å². The molecule has 0 aliphatic heterocycles. The summed E-state index contributed by atoms with van der Waals surface area (Å²) in [6.07, 6.45) is 0.960. The van der Waals surface area contributed by atoms with Crippen molar-refractivity contribution in [1.82, 2.24) is 10.1 Å². The summed E-state index contributed by atoms with van der Waals surface area (Å²) >= 11 is 0. The predicted octanol–water partition coefficient (Wildman–Crippen LogP) is 4.22. The first-order valence-electron chi connectivity index (χ1n) is 7.92. The zero-order chi connectivity index (χ0) is 17.8. The van der Waals surface area contributed by atoms with Gasteiger partial charge in [0.1, 0.15) is 11.6 Å². The molecule has 128 valence electrons. The third kappa shape index (κ3) is 3.91. The number of carbonyl (C=O) groups is 1. The number of Topliss-reactive ketones (excluding diaryl/α,β-unsaturated/α-hetero) is 1. The summed E-state index contributed by atoms with van der Waals surface area (Å²) in [5.41, 5.74) is 2.25. The molecular formula is C19H17FN2O3. The van der Waals surface area contributed by atoms with Crippen LogP contribution in [-0.2, 0) is 13.0 Å². The minimum absolute atomic E-state index is 0.00798. The fourth-order valence-corrected chi connectivity index (χ4v) is 2.36. The zero-order valence-electron chi connectivity index (χ0n) is 14.0.